The number of ether oxygens (including phenoxy) is 2. The minimum Gasteiger partial charge on any atom is -0.504 e. The number of hydrogen-bond acceptors (Lipinski definition) is 24. The third-order valence-electron chi connectivity index (χ3n) is 15.9. The lowest BCUT2D eigenvalue weighted by Gasteiger charge is -2.35. The number of hydrogen-bond donors (Lipinski definition) is 15. The fourth-order valence-electron chi connectivity index (χ4n) is 11.3. The van der Waals surface area contributed by atoms with Crippen molar-refractivity contribution in [3.63, 3.8) is 0 Å². The number of benzene rings is 3. The molecule has 0 saturated carbocycles. The Kier molecular flexibility index (Phi) is 24.1. The molecule has 0 aromatic heterocycles. The van der Waals surface area contributed by atoms with Gasteiger partial charge in [0, 0.05) is 57.3 Å². The molecule has 3 aliphatic heterocycles. The van der Waals surface area contributed by atoms with Gasteiger partial charge in [-0.25, -0.2) is 14.8 Å². The van der Waals surface area contributed by atoms with Gasteiger partial charge in [0.2, 0.25) is 35.4 Å². The van der Waals surface area contributed by atoms with Crippen LogP contribution in [-0.2, 0) is 54.0 Å². The van der Waals surface area contributed by atoms with E-state index in [9.17, 15) is 74.7 Å². The van der Waals surface area contributed by atoms with Gasteiger partial charge in [-0.2, -0.15) is 0 Å². The van der Waals surface area contributed by atoms with Crippen LogP contribution in [0.4, 0.5) is 9.59 Å². The highest BCUT2D eigenvalue weighted by atomic mass is 32.2. The summed E-state index contributed by atoms with van der Waals surface area (Å²) in [5.74, 6) is -9.67. The van der Waals surface area contributed by atoms with E-state index in [1.807, 2.05) is 48.5 Å². The Morgan fingerprint density at radius 3 is 2.02 bits per heavy atom. The number of phenolic OH excluding ortho intramolecular Hbond substituents is 1. The van der Waals surface area contributed by atoms with Gasteiger partial charge >= 0.3 is 12.2 Å². The summed E-state index contributed by atoms with van der Waals surface area (Å²) in [5, 5.41) is 125. The maximum absolute atomic E-state index is 15.3. The molecule has 3 aromatic carbocycles. The minimum atomic E-state index is -2.25. The first-order valence-corrected chi connectivity index (χ1v) is 29.7. The number of carbonyl (C=O) groups is 8. The molecule has 8 amide bonds. The molecule has 3 heterocycles. The zero-order chi connectivity index (χ0) is 65.9. The highest BCUT2D eigenvalue weighted by Crippen LogP contribution is 2.44. The summed E-state index contributed by atoms with van der Waals surface area (Å²) in [6.07, 6.45) is -15.8. The molecule has 15 N–H and O–H groups in total. The number of phenols is 1. The molecule has 494 valence electrons. The predicted molar refractivity (Wildman–Crippen MR) is 312 cm³/mol. The van der Waals surface area contributed by atoms with Gasteiger partial charge in [0.15, 0.2) is 11.5 Å². The number of fused-ring (bicyclic) bond motifs is 5. The van der Waals surface area contributed by atoms with E-state index in [4.69, 9.17) is 18.9 Å². The second-order valence-corrected chi connectivity index (χ2v) is 24.0. The third kappa shape index (κ3) is 17.1. The Bertz CT molecular complexity index is 3000. The first-order valence-electron chi connectivity index (χ1n) is 29.0. The molecule has 0 unspecified atom stereocenters. The lowest BCUT2D eigenvalue weighted by Crippen LogP contribution is -2.64. The van der Waals surface area contributed by atoms with Gasteiger partial charge < -0.3 is 101 Å². The summed E-state index contributed by atoms with van der Waals surface area (Å²) in [7, 11) is 0. The predicted octanol–water partition coefficient (Wildman–Crippen LogP) is -2.21. The molecule has 3 aromatic rings. The first kappa shape index (κ1) is 70.0. The van der Waals surface area contributed by atoms with Crippen molar-refractivity contribution in [2.24, 2.45) is 5.92 Å². The van der Waals surface area contributed by atoms with Crippen molar-refractivity contribution in [3.8, 4) is 22.6 Å². The second-order valence-electron chi connectivity index (χ2n) is 23.6. The van der Waals surface area contributed by atoms with Crippen LogP contribution in [0.2, 0.25) is 0 Å². The standard InChI is InChI=1S/C58H78N8O23S/c1-28-23-66-48(49(28)75)53(79)59-22-32(70)20-39(60-56(82)86-58(3,4)5)50(76)61-45(29(2)69)54(80)65-24-33(71)21-40(65)51(77)62-46(43(74)18-30-14-15-41(72)44(19-30)87-90-89-88-84)52(78)63-47(55(66)81)42(73)16-17-64(31(25-67)26-68)57(83)85-27-38-36-12-8-6-10-34(36)35-11-7-9-13-37(35)38/h6-15,19,28-29,31-33,38-40,42-43,45-49,67-75,84H,16-18,20-27H2,1-5H3,(H,59,79)(H,60,82)(H,61,76)(H,62,77)(H,63,78)/t28-,29+,32+,33+,39-,40-,42+,43+,45-,46-,47-,48-,49-/m0/s1. The van der Waals surface area contributed by atoms with E-state index in [1.54, 1.807) is 0 Å². The maximum atomic E-state index is 15.3. The molecule has 7 rings (SSSR count). The Labute approximate surface area is 520 Å². The molecule has 0 radical (unpaired) electrons. The molecular weight excluding hydrogens is 1210 g/mol. The summed E-state index contributed by atoms with van der Waals surface area (Å²) in [6, 6.07) is 5.22. The summed E-state index contributed by atoms with van der Waals surface area (Å²) in [6.45, 7) is 2.80. The molecule has 1 aliphatic carbocycles. The Morgan fingerprint density at radius 1 is 0.778 bits per heavy atom. The van der Waals surface area contributed by atoms with Crippen LogP contribution in [0.1, 0.15) is 76.5 Å². The normalized spacial score (nSPS) is 25.7. The van der Waals surface area contributed by atoms with Gasteiger partial charge in [-0.15, -0.1) is 0 Å². The van der Waals surface area contributed by atoms with E-state index in [2.05, 4.69) is 36.0 Å². The Morgan fingerprint density at radius 2 is 1.40 bits per heavy atom. The van der Waals surface area contributed by atoms with Crippen LogP contribution in [0.15, 0.2) is 66.7 Å². The number of nitrogens with zero attached hydrogens (tertiary/aromatic N) is 3. The van der Waals surface area contributed by atoms with E-state index in [0.29, 0.717) is 0 Å². The van der Waals surface area contributed by atoms with Gasteiger partial charge in [-0.1, -0.05) is 70.9 Å². The molecule has 4 aliphatic rings. The van der Waals surface area contributed by atoms with Crippen molar-refractivity contribution in [2.75, 3.05) is 46.0 Å². The van der Waals surface area contributed by atoms with Crippen molar-refractivity contribution in [1.29, 1.82) is 0 Å². The van der Waals surface area contributed by atoms with Gasteiger partial charge in [-0.3, -0.25) is 28.8 Å². The summed E-state index contributed by atoms with van der Waals surface area (Å²) < 4.78 is 20.6. The lowest BCUT2D eigenvalue weighted by molar-refractivity contribution is -0.433. The number of rotatable bonds is 18. The van der Waals surface area contributed by atoms with E-state index in [-0.39, 0.29) is 30.2 Å². The van der Waals surface area contributed by atoms with E-state index >= 15 is 9.59 Å². The number of β-amino-alcohol motifs (C(OH)–C–C–N with tert-alkyl or cyclic N) is 1. The second kappa shape index (κ2) is 31.0. The summed E-state index contributed by atoms with van der Waals surface area (Å²) in [5.41, 5.74) is 2.48. The third-order valence-corrected chi connectivity index (χ3v) is 16.2. The van der Waals surface area contributed by atoms with E-state index in [0.717, 1.165) is 56.0 Å². The maximum Gasteiger partial charge on any atom is 0.410 e. The van der Waals surface area contributed by atoms with Crippen LogP contribution < -0.4 is 30.8 Å². The molecular formula is C58H78N8O23S. The smallest absolute Gasteiger partial charge is 0.410 e. The monoisotopic (exact) mass is 1290 g/mol. The number of amides is 8. The van der Waals surface area contributed by atoms with E-state index in [1.165, 1.54) is 33.8 Å². The zero-order valence-electron chi connectivity index (χ0n) is 49.8. The number of nitrogens with one attached hydrogen (secondary N) is 5. The molecule has 3 fully saturated rings. The fraction of sp³-hybridized carbons (Fsp3) is 0.552. The zero-order valence-corrected chi connectivity index (χ0v) is 50.6. The molecule has 90 heavy (non-hydrogen) atoms. The SMILES string of the molecule is C[C@@H](O)[C@@H]1NC(=O)[C@@H](NC(=O)OC(C)(C)C)C[C@@H](O)CNC(=O)[C@@H]2[C@@H](O)[C@@H](C)CN2C(=O)[C@H]([C@H](O)CCN(C(=O)OCC2c3ccccc3-c3ccccc32)C(CO)CO)NC(=O)[C@H]([C@H](O)Cc2ccc(O)c(OSOOO)c2)NC(=O)[C@@H]2C[C@@H](O)CN2C1=O. The fourth-order valence-corrected chi connectivity index (χ4v) is 11.6. The van der Waals surface area contributed by atoms with Gasteiger partial charge in [-0.05, 0) is 74.1 Å². The van der Waals surface area contributed by atoms with Crippen molar-refractivity contribution in [3.05, 3.63) is 83.4 Å². The minimum absolute atomic E-state index is 0.0470. The molecule has 0 spiro atoms. The van der Waals surface area contributed by atoms with Gasteiger partial charge in [0.05, 0.1) is 55.9 Å². The van der Waals surface area contributed by atoms with Gasteiger partial charge in [0.25, 0.3) is 12.3 Å². The highest BCUT2D eigenvalue weighted by molar-refractivity contribution is 7.90. The average molecular weight is 1290 g/mol. The van der Waals surface area contributed by atoms with Crippen molar-refractivity contribution in [2.45, 2.75) is 151 Å². The highest BCUT2D eigenvalue weighted by Gasteiger charge is 2.50. The Balaban J connectivity index is 1.27. The number of carbonyl (C=O) groups excluding carboxylic acids is 8. The molecule has 31 nitrogen and oxygen atoms in total. The van der Waals surface area contributed by atoms with E-state index < -0.39 is 215 Å². The van der Waals surface area contributed by atoms with Crippen LogP contribution in [0, 0.1) is 5.92 Å². The summed E-state index contributed by atoms with van der Waals surface area (Å²) in [4.78, 5) is 118. The van der Waals surface area contributed by atoms with Crippen LogP contribution in [0.3, 0.4) is 0 Å². The number of aliphatic hydroxyl groups excluding tert-OH is 8. The van der Waals surface area contributed by atoms with Crippen molar-refractivity contribution < 1.29 is 113 Å². The topological polar surface area (TPSA) is 455 Å². The Hall–Kier alpha value is -7.47. The average Bonchev–Trinajstić information content (AvgIpc) is 1.71. The van der Waals surface area contributed by atoms with Crippen LogP contribution in [0.25, 0.3) is 11.1 Å². The van der Waals surface area contributed by atoms with Gasteiger partial charge in [0.1, 0.15) is 48.5 Å². The molecule has 32 heteroatoms. The largest absolute Gasteiger partial charge is 0.504 e. The number of aliphatic hydroxyl groups is 8. The molecule has 13 atom stereocenters. The van der Waals surface area contributed by atoms with Crippen molar-refractivity contribution in [1.82, 2.24) is 41.3 Å². The number of alkyl carbamates (subject to hydrolysis) is 1. The number of aromatic hydroxyl groups is 1. The summed E-state index contributed by atoms with van der Waals surface area (Å²) >= 11 is 0.0470. The van der Waals surface area contributed by atoms with Crippen molar-refractivity contribution >= 4 is 60.0 Å². The van der Waals surface area contributed by atoms with Crippen LogP contribution in [0.5, 0.6) is 11.5 Å². The molecule has 0 bridgehead atoms. The molecule has 3 saturated heterocycles. The first-order chi connectivity index (χ1) is 42.7. The lowest BCUT2D eigenvalue weighted by atomic mass is 9.98. The van der Waals surface area contributed by atoms with Crippen LogP contribution >= 0.6 is 12.3 Å². The van der Waals surface area contributed by atoms with Crippen LogP contribution in [-0.4, -0.2) is 244 Å². The quantitative estimate of drug-likeness (QED) is 0.0278.